The summed E-state index contributed by atoms with van der Waals surface area (Å²) in [6, 6.07) is 0. The van der Waals surface area contributed by atoms with Crippen LogP contribution in [-0.4, -0.2) is 52.8 Å². The molecule has 1 heterocycles. The topological polar surface area (TPSA) is 99.1 Å². The van der Waals surface area contributed by atoms with Crippen LogP contribution in [0.4, 0.5) is 0 Å². The van der Waals surface area contributed by atoms with Crippen molar-refractivity contribution in [2.75, 3.05) is 6.61 Å². The molecule has 6 rings (SSSR count). The summed E-state index contributed by atoms with van der Waals surface area (Å²) in [5, 5.41) is 12.5. The molecule has 1 aliphatic heterocycles. The first-order chi connectivity index (χ1) is 22.0. The Balaban J connectivity index is 1.38. The second kappa shape index (κ2) is 10.4. The lowest BCUT2D eigenvalue weighted by molar-refractivity contribution is -0.230. The Labute approximate surface area is 259 Å². The summed E-state index contributed by atoms with van der Waals surface area (Å²) >= 11 is 0. The smallest absolute Gasteiger partial charge is 0.309 e. The highest BCUT2D eigenvalue weighted by Gasteiger charge is 2.77. The number of aliphatic hydroxyl groups is 1. The average Bonchev–Trinajstić information content (AvgIpc) is 3.46. The largest absolute Gasteiger partial charge is 0.457 e. The number of fused-ring (bicyclic) bond motifs is 7. The molecule has 0 aromatic rings. The Bertz CT molecular complexity index is 1420. The summed E-state index contributed by atoms with van der Waals surface area (Å²) in [7, 11) is 0. The van der Waals surface area contributed by atoms with Gasteiger partial charge in [0, 0.05) is 30.9 Å². The fourth-order valence-corrected chi connectivity index (χ4v) is 10.6. The van der Waals surface area contributed by atoms with Gasteiger partial charge in [0.15, 0.2) is 24.3 Å². The van der Waals surface area contributed by atoms with Crippen LogP contribution in [0.2, 0.25) is 0 Å². The summed E-state index contributed by atoms with van der Waals surface area (Å²) < 4.78 is 66.7. The van der Waals surface area contributed by atoms with Crippen LogP contribution in [0, 0.1) is 46.3 Å². The molecule has 0 aromatic carbocycles. The van der Waals surface area contributed by atoms with Crippen molar-refractivity contribution < 1.29 is 41.9 Å². The van der Waals surface area contributed by atoms with Crippen LogP contribution in [0.1, 0.15) is 107 Å². The van der Waals surface area contributed by atoms with Crippen molar-refractivity contribution >= 4 is 17.5 Å². The van der Waals surface area contributed by atoms with E-state index in [-0.39, 0.29) is 41.8 Å². The van der Waals surface area contributed by atoms with Gasteiger partial charge in [0.25, 0.3) is 0 Å². The molecule has 0 aromatic heterocycles. The van der Waals surface area contributed by atoms with Crippen molar-refractivity contribution in [1.29, 1.82) is 0 Å². The van der Waals surface area contributed by atoms with E-state index >= 15 is 0 Å². The van der Waals surface area contributed by atoms with E-state index in [9.17, 15) is 19.5 Å². The number of rotatable bonds is 6. The number of Topliss-reactive ketones (excluding diaryl/α,β-unsaturated/α-hetero) is 1. The van der Waals surface area contributed by atoms with Crippen molar-refractivity contribution in [2.45, 2.75) is 123 Å². The SMILES string of the molecule is [2H]C([2H])([2H])C([2H])(C(=O)OCC(=O)[C@@]12O[C@H](C3CCCCC3C)O[C@@H]1C[C@H]1[C@@H]3CCC4=CC(=O)C=C[C@]4(C)[C@H]3[C@@](C)(O)C[C@@]12C)C([2H])([2H])C. The van der Waals surface area contributed by atoms with Crippen molar-refractivity contribution in [3.8, 4) is 0 Å². The summed E-state index contributed by atoms with van der Waals surface area (Å²) in [6.45, 7) is 4.51. The van der Waals surface area contributed by atoms with Gasteiger partial charge in [-0.2, -0.15) is 0 Å². The predicted octanol–water partition coefficient (Wildman–Crippen LogP) is 5.73. The van der Waals surface area contributed by atoms with E-state index in [1.54, 1.807) is 19.1 Å². The zero-order chi connectivity index (χ0) is 35.5. The van der Waals surface area contributed by atoms with Crippen molar-refractivity contribution in [3.05, 3.63) is 23.8 Å². The van der Waals surface area contributed by atoms with E-state index < -0.39 is 71.9 Å². The van der Waals surface area contributed by atoms with Gasteiger partial charge < -0.3 is 19.3 Å². The minimum atomic E-state index is -3.37. The van der Waals surface area contributed by atoms with Crippen molar-refractivity contribution in [3.63, 3.8) is 0 Å². The first kappa shape index (κ1) is 23.5. The van der Waals surface area contributed by atoms with E-state index in [4.69, 9.17) is 22.4 Å². The van der Waals surface area contributed by atoms with Crippen LogP contribution in [0.3, 0.4) is 0 Å². The molecule has 5 aliphatic carbocycles. The van der Waals surface area contributed by atoms with Gasteiger partial charge in [0.2, 0.25) is 5.78 Å². The van der Waals surface area contributed by atoms with Gasteiger partial charge in [0.1, 0.15) is 0 Å². The maximum Gasteiger partial charge on any atom is 0.309 e. The maximum atomic E-state index is 14.7. The first-order valence-corrected chi connectivity index (χ1v) is 15.7. The Kier molecular flexibility index (Phi) is 5.81. The highest BCUT2D eigenvalue weighted by atomic mass is 16.7. The highest BCUT2D eigenvalue weighted by molar-refractivity contribution is 6.01. The second-order valence-corrected chi connectivity index (χ2v) is 14.6. The van der Waals surface area contributed by atoms with Gasteiger partial charge in [-0.25, -0.2) is 0 Å². The van der Waals surface area contributed by atoms with Crippen LogP contribution in [-0.2, 0) is 28.6 Å². The Morgan fingerprint density at radius 3 is 2.71 bits per heavy atom. The summed E-state index contributed by atoms with van der Waals surface area (Å²) in [5.41, 5.74) is -3.48. The van der Waals surface area contributed by atoms with Crippen molar-refractivity contribution in [1.82, 2.24) is 0 Å². The molecule has 7 nitrogen and oxygen atoms in total. The first-order valence-electron chi connectivity index (χ1n) is 18.7. The molecule has 4 saturated carbocycles. The lowest BCUT2D eigenvalue weighted by Crippen LogP contribution is -2.66. The van der Waals surface area contributed by atoms with E-state index in [1.807, 2.05) is 13.0 Å². The van der Waals surface area contributed by atoms with E-state index in [2.05, 4.69) is 13.8 Å². The molecule has 0 spiro atoms. The molecular formula is C35H50O7. The molecule has 1 N–H and O–H groups in total. The van der Waals surface area contributed by atoms with E-state index in [1.165, 1.54) is 0 Å². The summed E-state index contributed by atoms with van der Waals surface area (Å²) in [5.74, 6) is -5.75. The molecule has 0 bridgehead atoms. The fraction of sp³-hybridized carbons (Fsp3) is 0.800. The lowest BCUT2D eigenvalue weighted by atomic mass is 9.43. The van der Waals surface area contributed by atoms with Crippen LogP contribution in [0.15, 0.2) is 23.8 Å². The minimum Gasteiger partial charge on any atom is -0.457 e. The quantitative estimate of drug-likeness (QED) is 0.396. The standard InChI is InChI=1S/C35H50O7/c1-7-20(2)30(38)40-18-27(37)35-28(41-31(42-35)24-11-9-8-10-21(24)3)17-26-25-13-12-22-16-23(36)14-15-32(22,4)29(25)34(6,39)19-33(26,35)5/h14-16,20-21,24-26,28-29,31,39H,7-13,17-19H2,1-6H3/t20?,21?,24?,25-,26-,28+,29-,31+,32-,33-,34-,35+/m0/s1/i2D3,7D2,20D. The Hall–Kier alpha value is -1.83. The van der Waals surface area contributed by atoms with Gasteiger partial charge >= 0.3 is 5.97 Å². The van der Waals surface area contributed by atoms with Gasteiger partial charge in [-0.15, -0.1) is 0 Å². The Morgan fingerprint density at radius 1 is 1.24 bits per heavy atom. The van der Waals surface area contributed by atoms with Gasteiger partial charge in [-0.1, -0.05) is 65.5 Å². The number of carbonyl (C=O) groups excluding carboxylic acids is 3. The predicted molar refractivity (Wildman–Crippen MR) is 157 cm³/mol. The number of ether oxygens (including phenoxy) is 3. The lowest BCUT2D eigenvalue weighted by Gasteiger charge is -2.63. The van der Waals surface area contributed by atoms with E-state index in [0.29, 0.717) is 19.3 Å². The number of carbonyl (C=O) groups is 3. The Morgan fingerprint density at radius 2 is 2.00 bits per heavy atom. The number of esters is 1. The molecule has 0 amide bonds. The molecule has 7 heteroatoms. The summed E-state index contributed by atoms with van der Waals surface area (Å²) in [6.07, 6.45) is 6.93. The second-order valence-electron chi connectivity index (χ2n) is 14.6. The molecule has 12 atom stereocenters. The zero-order valence-electron chi connectivity index (χ0n) is 31.5. The van der Waals surface area contributed by atoms with Gasteiger partial charge in [-0.3, -0.25) is 14.4 Å². The third-order valence-electron chi connectivity index (χ3n) is 12.3. The number of allylic oxidation sites excluding steroid dienone is 4. The molecule has 1 saturated heterocycles. The molecule has 6 aliphatic rings. The van der Waals surface area contributed by atoms with E-state index in [0.717, 1.165) is 38.2 Å². The fourth-order valence-electron chi connectivity index (χ4n) is 10.6. The van der Waals surface area contributed by atoms with Crippen molar-refractivity contribution in [2.24, 2.45) is 46.3 Å². The molecule has 42 heavy (non-hydrogen) atoms. The van der Waals surface area contributed by atoms with Gasteiger partial charge in [0.05, 0.1) is 17.6 Å². The van der Waals surface area contributed by atoms with Gasteiger partial charge in [-0.05, 0) is 75.3 Å². The summed E-state index contributed by atoms with van der Waals surface area (Å²) in [4.78, 5) is 40.3. The minimum absolute atomic E-state index is 0.0328. The van der Waals surface area contributed by atoms with Crippen LogP contribution < -0.4 is 0 Å². The average molecular weight is 589 g/mol. The molecule has 5 fully saturated rings. The monoisotopic (exact) mass is 588 g/mol. The normalized spacial score (nSPS) is 51.9. The van der Waals surface area contributed by atoms with Crippen LogP contribution in [0.5, 0.6) is 0 Å². The molecule has 0 radical (unpaired) electrons. The third-order valence-corrected chi connectivity index (χ3v) is 12.3. The number of hydrogen-bond acceptors (Lipinski definition) is 7. The molecular weight excluding hydrogens is 532 g/mol. The zero-order valence-corrected chi connectivity index (χ0v) is 25.5. The number of ketones is 2. The maximum absolute atomic E-state index is 14.7. The number of hydrogen-bond donors (Lipinski definition) is 1. The van der Waals surface area contributed by atoms with Crippen LogP contribution in [0.25, 0.3) is 0 Å². The molecule has 3 unspecified atom stereocenters. The molecule has 232 valence electrons. The third kappa shape index (κ3) is 4.27. The van der Waals surface area contributed by atoms with Crippen LogP contribution >= 0.6 is 0 Å². The highest BCUT2D eigenvalue weighted by Crippen LogP contribution is 2.72.